The van der Waals surface area contributed by atoms with E-state index in [4.69, 9.17) is 9.47 Å². The molecule has 38 heavy (non-hydrogen) atoms. The van der Waals surface area contributed by atoms with Crippen molar-refractivity contribution in [2.75, 3.05) is 6.61 Å². The second-order valence-corrected chi connectivity index (χ2v) is 10.1. The van der Waals surface area contributed by atoms with E-state index in [1.165, 1.54) is 16.7 Å². The summed E-state index contributed by atoms with van der Waals surface area (Å²) in [6.45, 7) is 7.92. The number of allylic oxidation sites excluding steroid dienone is 1. The fourth-order valence-electron chi connectivity index (χ4n) is 4.17. The summed E-state index contributed by atoms with van der Waals surface area (Å²) in [5.41, 5.74) is 1.21. The van der Waals surface area contributed by atoms with Crippen LogP contribution in [0.5, 0.6) is 5.75 Å². The summed E-state index contributed by atoms with van der Waals surface area (Å²) in [5, 5.41) is 11.5. The van der Waals surface area contributed by atoms with E-state index >= 15 is 0 Å². The third-order valence-corrected chi connectivity index (χ3v) is 6.95. The number of nitro groups is 1. The second-order valence-electron chi connectivity index (χ2n) is 9.12. The first-order chi connectivity index (χ1) is 18.2. The van der Waals surface area contributed by atoms with E-state index < -0.39 is 22.5 Å². The highest BCUT2D eigenvalue weighted by Crippen LogP contribution is 2.32. The molecule has 0 fully saturated rings. The quantitative estimate of drug-likeness (QED) is 0.175. The van der Waals surface area contributed by atoms with Gasteiger partial charge in [0.05, 0.1) is 45.0 Å². The monoisotopic (exact) mass is 535 g/mol. The molecule has 0 radical (unpaired) electrons. The van der Waals surface area contributed by atoms with Crippen LogP contribution in [0.4, 0.5) is 5.69 Å². The number of hydrogen-bond donors (Lipinski definition) is 0. The highest BCUT2D eigenvalue weighted by atomic mass is 32.1. The van der Waals surface area contributed by atoms with E-state index in [0.29, 0.717) is 34.0 Å². The van der Waals surface area contributed by atoms with E-state index in [1.54, 1.807) is 39.0 Å². The predicted molar refractivity (Wildman–Crippen MR) is 145 cm³/mol. The van der Waals surface area contributed by atoms with E-state index in [-0.39, 0.29) is 21.9 Å². The molecule has 0 saturated carbocycles. The lowest BCUT2D eigenvalue weighted by Crippen LogP contribution is -2.40. The SMILES string of the molecule is CCCCOc1ccc(C2C(C(=O)OC(C)C)=C(C)N=c3s/c(=C\c4ccccc4[N+](=O)[O-])c(=O)n32)cc1. The van der Waals surface area contributed by atoms with Crippen molar-refractivity contribution in [3.8, 4) is 5.75 Å². The van der Waals surface area contributed by atoms with Crippen molar-refractivity contribution in [3.05, 3.63) is 101 Å². The lowest BCUT2D eigenvalue weighted by Gasteiger charge is -2.25. The Kier molecular flexibility index (Phi) is 8.21. The van der Waals surface area contributed by atoms with Gasteiger partial charge in [-0.05, 0) is 57.0 Å². The predicted octanol–water partition coefficient (Wildman–Crippen LogP) is 4.27. The molecule has 9 nitrogen and oxygen atoms in total. The molecule has 0 saturated heterocycles. The van der Waals surface area contributed by atoms with Crippen molar-refractivity contribution in [2.45, 2.75) is 52.7 Å². The summed E-state index contributed by atoms with van der Waals surface area (Å²) in [6, 6.07) is 12.7. The lowest BCUT2D eigenvalue weighted by atomic mass is 9.96. The molecule has 198 valence electrons. The highest BCUT2D eigenvalue weighted by Gasteiger charge is 2.34. The lowest BCUT2D eigenvalue weighted by molar-refractivity contribution is -0.385. The van der Waals surface area contributed by atoms with Crippen molar-refractivity contribution in [2.24, 2.45) is 4.99 Å². The van der Waals surface area contributed by atoms with E-state index in [0.717, 1.165) is 24.2 Å². The zero-order valence-electron chi connectivity index (χ0n) is 21.7. The van der Waals surface area contributed by atoms with Crippen LogP contribution in [0.25, 0.3) is 6.08 Å². The van der Waals surface area contributed by atoms with Gasteiger partial charge < -0.3 is 9.47 Å². The summed E-state index contributed by atoms with van der Waals surface area (Å²) in [4.78, 5) is 42.9. The molecule has 1 aliphatic heterocycles. The summed E-state index contributed by atoms with van der Waals surface area (Å²) < 4.78 is 13.0. The van der Waals surface area contributed by atoms with Crippen molar-refractivity contribution in [1.29, 1.82) is 0 Å². The minimum atomic E-state index is -0.782. The largest absolute Gasteiger partial charge is 0.494 e. The second kappa shape index (κ2) is 11.6. The molecule has 0 aliphatic carbocycles. The Balaban J connectivity index is 1.87. The Hall–Kier alpha value is -4.05. The Morgan fingerprint density at radius 3 is 2.58 bits per heavy atom. The van der Waals surface area contributed by atoms with Crippen molar-refractivity contribution < 1.29 is 19.2 Å². The number of nitrogens with zero attached hydrogens (tertiary/aromatic N) is 3. The molecular weight excluding hydrogens is 506 g/mol. The van der Waals surface area contributed by atoms with E-state index in [2.05, 4.69) is 11.9 Å². The molecule has 0 spiro atoms. The van der Waals surface area contributed by atoms with Crippen molar-refractivity contribution in [3.63, 3.8) is 0 Å². The Morgan fingerprint density at radius 2 is 1.92 bits per heavy atom. The fraction of sp³-hybridized carbons (Fsp3) is 0.321. The number of hydrogen-bond acceptors (Lipinski definition) is 8. The van der Waals surface area contributed by atoms with Gasteiger partial charge >= 0.3 is 5.97 Å². The van der Waals surface area contributed by atoms with Gasteiger partial charge in [0.1, 0.15) is 5.75 Å². The number of unbranched alkanes of at least 4 members (excludes halogenated alkanes) is 1. The van der Waals surface area contributed by atoms with Gasteiger partial charge in [0.15, 0.2) is 4.80 Å². The summed E-state index contributed by atoms with van der Waals surface area (Å²) >= 11 is 1.12. The standard InChI is InChI=1S/C28H29N3O6S/c1-5-6-15-36-21-13-11-19(12-14-21)25-24(27(33)37-17(2)3)18(4)29-28-30(25)26(32)23(38-28)16-20-9-7-8-10-22(20)31(34)35/h7-14,16-17,25H,5-6,15H2,1-4H3/b23-16-. The van der Waals surface area contributed by atoms with Gasteiger partial charge in [0.25, 0.3) is 11.2 Å². The van der Waals surface area contributed by atoms with Crippen LogP contribution in [-0.2, 0) is 9.53 Å². The third-order valence-electron chi connectivity index (χ3n) is 5.97. The molecule has 1 aromatic heterocycles. The molecule has 1 aliphatic rings. The molecule has 2 aromatic carbocycles. The topological polar surface area (TPSA) is 113 Å². The Bertz CT molecular complexity index is 1570. The third kappa shape index (κ3) is 5.60. The van der Waals surface area contributed by atoms with Crippen LogP contribution in [0.1, 0.15) is 57.7 Å². The van der Waals surface area contributed by atoms with Gasteiger partial charge in [-0.3, -0.25) is 19.5 Å². The van der Waals surface area contributed by atoms with Crippen LogP contribution < -0.4 is 19.6 Å². The summed E-state index contributed by atoms with van der Waals surface area (Å²) in [5.74, 6) is 0.139. The molecule has 10 heteroatoms. The van der Waals surface area contributed by atoms with Crippen molar-refractivity contribution in [1.82, 2.24) is 4.57 Å². The first-order valence-electron chi connectivity index (χ1n) is 12.4. The maximum absolute atomic E-state index is 13.7. The number of para-hydroxylation sites is 1. The van der Waals surface area contributed by atoms with Crippen LogP contribution in [-0.4, -0.2) is 28.2 Å². The molecule has 1 atom stereocenters. The van der Waals surface area contributed by atoms with Gasteiger partial charge in [-0.2, -0.15) is 0 Å². The van der Waals surface area contributed by atoms with Gasteiger partial charge in [-0.1, -0.05) is 48.9 Å². The average Bonchev–Trinajstić information content (AvgIpc) is 3.17. The molecule has 0 bridgehead atoms. The Morgan fingerprint density at radius 1 is 1.21 bits per heavy atom. The maximum Gasteiger partial charge on any atom is 0.338 e. The molecule has 1 unspecified atom stereocenters. The van der Waals surface area contributed by atoms with Crippen molar-refractivity contribution >= 4 is 29.1 Å². The number of rotatable bonds is 9. The molecular formula is C28H29N3O6S. The number of ether oxygens (including phenoxy) is 2. The van der Waals surface area contributed by atoms with Crippen LogP contribution >= 0.6 is 11.3 Å². The highest BCUT2D eigenvalue weighted by molar-refractivity contribution is 7.07. The first kappa shape index (κ1) is 27.0. The number of benzene rings is 2. The zero-order chi connectivity index (χ0) is 27.4. The fourth-order valence-corrected chi connectivity index (χ4v) is 5.21. The minimum Gasteiger partial charge on any atom is -0.494 e. The number of thiazole rings is 1. The maximum atomic E-state index is 13.7. The van der Waals surface area contributed by atoms with Crippen LogP contribution in [0.2, 0.25) is 0 Å². The minimum absolute atomic E-state index is 0.106. The number of carbonyl (C=O) groups excluding carboxylic acids is 1. The van der Waals surface area contributed by atoms with E-state index in [1.807, 2.05) is 24.3 Å². The number of fused-ring (bicyclic) bond motifs is 1. The van der Waals surface area contributed by atoms with Gasteiger partial charge in [0.2, 0.25) is 0 Å². The first-order valence-corrected chi connectivity index (χ1v) is 13.2. The number of aromatic nitrogens is 1. The van der Waals surface area contributed by atoms with Crippen LogP contribution in [0, 0.1) is 10.1 Å². The number of esters is 1. The molecule has 3 aromatic rings. The summed E-state index contributed by atoms with van der Waals surface area (Å²) in [7, 11) is 0. The average molecular weight is 536 g/mol. The van der Waals surface area contributed by atoms with Gasteiger partial charge in [-0.25, -0.2) is 9.79 Å². The molecule has 0 N–H and O–H groups in total. The number of nitro benzene ring substituents is 1. The molecule has 2 heterocycles. The molecule has 0 amide bonds. The van der Waals surface area contributed by atoms with E-state index in [9.17, 15) is 19.7 Å². The molecule has 4 rings (SSSR count). The van der Waals surface area contributed by atoms with Crippen LogP contribution in [0.15, 0.2) is 69.6 Å². The van der Waals surface area contributed by atoms with Crippen LogP contribution in [0.3, 0.4) is 0 Å². The number of carbonyl (C=O) groups is 1. The van der Waals surface area contributed by atoms with Gasteiger partial charge in [0, 0.05) is 6.07 Å². The smallest absolute Gasteiger partial charge is 0.338 e. The Labute approximate surface area is 223 Å². The summed E-state index contributed by atoms with van der Waals surface area (Å²) in [6.07, 6.45) is 3.09. The van der Waals surface area contributed by atoms with Gasteiger partial charge in [-0.15, -0.1) is 0 Å². The normalized spacial score (nSPS) is 15.3. The zero-order valence-corrected chi connectivity index (χ0v) is 22.5.